The number of guanidine groups is 1. The quantitative estimate of drug-likeness (QED) is 0.0785. The van der Waals surface area contributed by atoms with E-state index in [1.54, 1.807) is 6.20 Å². The van der Waals surface area contributed by atoms with E-state index in [1.807, 2.05) is 58.2 Å². The number of aromatic amines is 1. The van der Waals surface area contributed by atoms with Gasteiger partial charge in [-0.05, 0) is 42.7 Å². The van der Waals surface area contributed by atoms with Gasteiger partial charge in [0.15, 0.2) is 5.96 Å². The van der Waals surface area contributed by atoms with Crippen LogP contribution >= 0.6 is 0 Å². The van der Waals surface area contributed by atoms with Crippen molar-refractivity contribution in [3.63, 3.8) is 0 Å². The predicted octanol–water partition coefficient (Wildman–Crippen LogP) is 0.957. The molecule has 12 nitrogen and oxygen atoms in total. The minimum absolute atomic E-state index is 0.0706. The summed E-state index contributed by atoms with van der Waals surface area (Å²) in [5, 5.41) is 19.2. The van der Waals surface area contributed by atoms with Crippen LogP contribution in [-0.4, -0.2) is 65.7 Å². The zero-order chi connectivity index (χ0) is 30.5. The molecule has 3 amide bonds. The van der Waals surface area contributed by atoms with Gasteiger partial charge < -0.3 is 37.7 Å². The molecule has 1 radical (unpaired) electrons. The fourth-order valence-corrected chi connectivity index (χ4v) is 4.47. The van der Waals surface area contributed by atoms with E-state index in [2.05, 4.69) is 26.3 Å². The Morgan fingerprint density at radius 3 is 2.32 bits per heavy atom. The fourth-order valence-electron chi connectivity index (χ4n) is 4.47. The summed E-state index contributed by atoms with van der Waals surface area (Å²) in [6, 6.07) is 4.00. The summed E-state index contributed by atoms with van der Waals surface area (Å²) in [4.78, 5) is 54.5. The Hall–Kier alpha value is -3.93. The van der Waals surface area contributed by atoms with Crippen molar-refractivity contribution in [3.8, 4) is 0 Å². The lowest BCUT2D eigenvalue weighted by Crippen LogP contribution is -2.57. The van der Waals surface area contributed by atoms with Crippen LogP contribution in [0.2, 0.25) is 0 Å². The number of rotatable bonds is 17. The third kappa shape index (κ3) is 10.5. The highest BCUT2D eigenvalue weighted by Gasteiger charge is 2.30. The Balaban J connectivity index is 2.17. The first-order valence-corrected chi connectivity index (χ1v) is 14.1. The molecule has 5 atom stereocenters. The molecule has 1 heterocycles. The van der Waals surface area contributed by atoms with E-state index in [0.717, 1.165) is 16.5 Å². The topological polar surface area (TPSA) is 208 Å². The van der Waals surface area contributed by atoms with Crippen molar-refractivity contribution >= 4 is 40.9 Å². The number of H-pyrrole nitrogens is 1. The predicted molar refractivity (Wildman–Crippen MR) is 160 cm³/mol. The summed E-state index contributed by atoms with van der Waals surface area (Å²) in [6.07, 6.45) is 5.55. The number of aromatic nitrogens is 1. The van der Waals surface area contributed by atoms with Gasteiger partial charge in [-0.3, -0.25) is 24.6 Å². The van der Waals surface area contributed by atoms with Gasteiger partial charge in [0.2, 0.25) is 24.0 Å². The van der Waals surface area contributed by atoms with Crippen LogP contribution in [0.1, 0.15) is 58.9 Å². The van der Waals surface area contributed by atoms with Crippen molar-refractivity contribution in [1.82, 2.24) is 26.3 Å². The summed E-state index contributed by atoms with van der Waals surface area (Å²) in [6.45, 7) is 7.96. The zero-order valence-electron chi connectivity index (χ0n) is 24.4. The monoisotopic (exact) mass is 569 g/mol. The number of nitrogens with two attached hydrogens (primary N) is 2. The minimum atomic E-state index is -1.01. The second-order valence-corrected chi connectivity index (χ2v) is 10.9. The van der Waals surface area contributed by atoms with E-state index in [9.17, 15) is 19.2 Å². The molecule has 0 unspecified atom stereocenters. The lowest BCUT2D eigenvalue weighted by molar-refractivity contribution is -0.133. The van der Waals surface area contributed by atoms with E-state index >= 15 is 0 Å². The van der Waals surface area contributed by atoms with Crippen LogP contribution in [-0.2, 0) is 25.6 Å². The van der Waals surface area contributed by atoms with Gasteiger partial charge >= 0.3 is 0 Å². The first kappa shape index (κ1) is 33.3. The van der Waals surface area contributed by atoms with Crippen molar-refractivity contribution in [3.05, 3.63) is 36.0 Å². The highest BCUT2D eigenvalue weighted by atomic mass is 16.2. The first-order valence-electron chi connectivity index (χ1n) is 14.1. The Morgan fingerprint density at radius 2 is 1.68 bits per heavy atom. The second-order valence-electron chi connectivity index (χ2n) is 10.9. The molecule has 0 aliphatic carbocycles. The third-order valence-corrected chi connectivity index (χ3v) is 7.08. The Labute approximate surface area is 241 Å². The highest BCUT2D eigenvalue weighted by Crippen LogP contribution is 2.19. The molecule has 12 heteroatoms. The van der Waals surface area contributed by atoms with Crippen LogP contribution in [0.3, 0.4) is 0 Å². The molecular weight excluding hydrogens is 524 g/mol. The third-order valence-electron chi connectivity index (χ3n) is 7.08. The number of fused-ring (bicyclic) bond motifs is 1. The Morgan fingerprint density at radius 1 is 1.02 bits per heavy atom. The van der Waals surface area contributed by atoms with E-state index < -0.39 is 41.9 Å². The number of carbonyl (C=O) groups excluding carboxylic acids is 4. The first-order chi connectivity index (χ1) is 19.5. The maximum atomic E-state index is 13.4. The molecular formula is C29H45N8O4. The normalized spacial score (nSPS) is 14.9. The molecule has 0 aliphatic heterocycles. The maximum Gasteiger partial charge on any atom is 0.243 e. The van der Waals surface area contributed by atoms with E-state index in [4.69, 9.17) is 16.9 Å². The van der Waals surface area contributed by atoms with E-state index in [0.29, 0.717) is 25.8 Å². The van der Waals surface area contributed by atoms with Gasteiger partial charge in [-0.25, -0.2) is 0 Å². The molecule has 1 aromatic carbocycles. The summed E-state index contributed by atoms with van der Waals surface area (Å²) in [7, 11) is 0. The number of nitrogens with one attached hydrogen (secondary N) is 6. The van der Waals surface area contributed by atoms with E-state index in [-0.39, 0.29) is 30.6 Å². The SMILES string of the molecule is CC[C@H](C)[C@H](N)C(=O)N[C@@H](CC(C)C)C(=O)N[C@@H](CCCNC(=N)N)C(=O)N[C@H]([C]=O)Cc1c[nH]c2ccccc12. The highest BCUT2D eigenvalue weighted by molar-refractivity contribution is 5.94. The lowest BCUT2D eigenvalue weighted by atomic mass is 9.97. The molecule has 2 aromatic rings. The molecule has 2 rings (SSSR count). The summed E-state index contributed by atoms with van der Waals surface area (Å²) >= 11 is 0. The van der Waals surface area contributed by atoms with Gasteiger partial charge in [-0.15, -0.1) is 0 Å². The Kier molecular flexibility index (Phi) is 13.3. The van der Waals surface area contributed by atoms with Gasteiger partial charge in [0, 0.05) is 30.1 Å². The average Bonchev–Trinajstić information content (AvgIpc) is 3.34. The van der Waals surface area contributed by atoms with Gasteiger partial charge in [0.05, 0.1) is 12.1 Å². The molecule has 0 fully saturated rings. The number of hydrogen-bond donors (Lipinski definition) is 8. The lowest BCUT2D eigenvalue weighted by Gasteiger charge is -2.27. The number of carbonyl (C=O) groups is 3. The molecule has 1 aromatic heterocycles. The standard InChI is InChI=1S/C29H45N8O4/c1-5-18(4)25(30)28(41)37-24(13-17(2)3)27(40)36-23(11-8-12-33-29(31)32)26(39)35-20(16-38)14-19-15-34-22-10-7-6-9-21(19)22/h6-7,9-10,15,17-18,20,23-25,34H,5,8,11-14,30H2,1-4H3,(H,35,39)(H,36,40)(H,37,41)(H4,31,32,33)/t18-,20-,23-,24-,25-/m0/s1. The molecule has 0 aliphatic rings. The molecule has 0 spiro atoms. The second kappa shape index (κ2) is 16.4. The van der Waals surface area contributed by atoms with Crippen molar-refractivity contribution in [2.24, 2.45) is 23.3 Å². The van der Waals surface area contributed by atoms with Crippen molar-refractivity contribution in [1.29, 1.82) is 5.41 Å². The molecule has 0 saturated carbocycles. The van der Waals surface area contributed by atoms with Crippen LogP contribution in [0.5, 0.6) is 0 Å². The molecule has 0 saturated heterocycles. The van der Waals surface area contributed by atoms with Gasteiger partial charge in [0.1, 0.15) is 12.1 Å². The van der Waals surface area contributed by atoms with Gasteiger partial charge in [-0.1, -0.05) is 52.3 Å². The van der Waals surface area contributed by atoms with Crippen LogP contribution in [0.4, 0.5) is 0 Å². The summed E-state index contributed by atoms with van der Waals surface area (Å²) in [5.74, 6) is -1.71. The Bertz CT molecular complexity index is 1180. The average molecular weight is 570 g/mol. The molecule has 10 N–H and O–H groups in total. The number of amides is 3. The van der Waals surface area contributed by atoms with E-state index in [1.165, 1.54) is 0 Å². The molecule has 41 heavy (non-hydrogen) atoms. The summed E-state index contributed by atoms with van der Waals surface area (Å²) in [5.41, 5.74) is 13.2. The molecule has 0 bridgehead atoms. The van der Waals surface area contributed by atoms with Crippen LogP contribution < -0.4 is 32.7 Å². The largest absolute Gasteiger partial charge is 0.370 e. The van der Waals surface area contributed by atoms with Gasteiger partial charge in [-0.2, -0.15) is 0 Å². The number of para-hydroxylation sites is 1. The van der Waals surface area contributed by atoms with Crippen LogP contribution in [0, 0.1) is 17.2 Å². The smallest absolute Gasteiger partial charge is 0.243 e. The van der Waals surface area contributed by atoms with Crippen molar-refractivity contribution < 1.29 is 19.2 Å². The van der Waals surface area contributed by atoms with Crippen LogP contribution in [0.15, 0.2) is 30.5 Å². The van der Waals surface area contributed by atoms with Crippen molar-refractivity contribution in [2.75, 3.05) is 6.54 Å². The fraction of sp³-hybridized carbons (Fsp3) is 0.552. The van der Waals surface area contributed by atoms with Gasteiger partial charge in [0.25, 0.3) is 0 Å². The van der Waals surface area contributed by atoms with Crippen molar-refractivity contribution in [2.45, 2.75) is 84.0 Å². The number of hydrogen-bond acceptors (Lipinski definition) is 6. The number of benzene rings is 1. The minimum Gasteiger partial charge on any atom is -0.370 e. The maximum absolute atomic E-state index is 13.4. The zero-order valence-corrected chi connectivity index (χ0v) is 24.4. The summed E-state index contributed by atoms with van der Waals surface area (Å²) < 4.78 is 0. The molecule has 225 valence electrons. The van der Waals surface area contributed by atoms with Crippen LogP contribution in [0.25, 0.3) is 10.9 Å².